The fourth-order valence-electron chi connectivity index (χ4n) is 2.40. The van der Waals surface area contributed by atoms with Gasteiger partial charge < -0.3 is 14.6 Å². The van der Waals surface area contributed by atoms with Gasteiger partial charge in [0.15, 0.2) is 0 Å². The Bertz CT molecular complexity index is 270. The monoisotopic (exact) mass is 217 g/mol. The molecule has 0 aromatic rings. The number of rotatable bonds is 3. The number of hydrogen-bond acceptors (Lipinski definition) is 4. The van der Waals surface area contributed by atoms with Gasteiger partial charge in [-0.15, -0.1) is 0 Å². The van der Waals surface area contributed by atoms with Crippen molar-refractivity contribution < 1.29 is 33.5 Å². The number of carboxylic acid groups (broad SMARTS) is 1. The molecule has 0 spiro atoms. The maximum Gasteiger partial charge on any atom is 1.00 e. The summed E-state index contributed by atoms with van der Waals surface area (Å²) < 4.78 is 5.39. The normalized spacial score (nSPS) is 31.3. The van der Waals surface area contributed by atoms with Gasteiger partial charge in [-0.25, -0.2) is 0 Å². The third-order valence-corrected chi connectivity index (χ3v) is 3.36. The molecule has 0 radical (unpaired) electrons. The zero-order valence-corrected chi connectivity index (χ0v) is 9.89. The second kappa shape index (κ2) is 5.88. The van der Waals surface area contributed by atoms with E-state index in [2.05, 4.69) is 4.90 Å². The van der Waals surface area contributed by atoms with Crippen molar-refractivity contribution in [3.63, 3.8) is 0 Å². The Morgan fingerprint density at radius 2 is 2.00 bits per heavy atom. The van der Waals surface area contributed by atoms with Crippen LogP contribution in [0.25, 0.3) is 0 Å². The SMILES string of the molecule is CC(/C=C/C(=O)[O-])N1C[C@H]2COC[C@H]2C1.[Li+]. The zero-order chi connectivity index (χ0) is 10.8. The Morgan fingerprint density at radius 1 is 1.44 bits per heavy atom. The Kier molecular flexibility index (Phi) is 5.07. The summed E-state index contributed by atoms with van der Waals surface area (Å²) in [6.07, 6.45) is 2.81. The van der Waals surface area contributed by atoms with E-state index in [0.29, 0.717) is 11.8 Å². The predicted octanol–water partition coefficient (Wildman–Crippen LogP) is -3.74. The first-order valence-electron chi connectivity index (χ1n) is 5.38. The van der Waals surface area contributed by atoms with Crippen LogP contribution in [0.4, 0.5) is 0 Å². The van der Waals surface area contributed by atoms with Gasteiger partial charge in [0.1, 0.15) is 0 Å². The van der Waals surface area contributed by atoms with Crippen LogP contribution in [0.3, 0.4) is 0 Å². The Morgan fingerprint density at radius 3 is 2.50 bits per heavy atom. The van der Waals surface area contributed by atoms with Gasteiger partial charge in [-0.3, -0.25) is 4.90 Å². The Balaban J connectivity index is 0.00000128. The van der Waals surface area contributed by atoms with E-state index < -0.39 is 5.97 Å². The van der Waals surface area contributed by atoms with Crippen molar-refractivity contribution in [2.24, 2.45) is 11.8 Å². The molecule has 2 fully saturated rings. The molecule has 2 rings (SSSR count). The summed E-state index contributed by atoms with van der Waals surface area (Å²) in [7, 11) is 0. The Hall–Kier alpha value is -0.273. The van der Waals surface area contributed by atoms with Crippen LogP contribution in [0.1, 0.15) is 6.92 Å². The Labute approximate surface area is 108 Å². The second-order valence-corrected chi connectivity index (χ2v) is 4.43. The number of aliphatic carboxylic acids is 1. The molecule has 0 aromatic carbocycles. The number of fused-ring (bicyclic) bond motifs is 1. The van der Waals surface area contributed by atoms with Crippen molar-refractivity contribution in [1.82, 2.24) is 4.90 Å². The van der Waals surface area contributed by atoms with E-state index in [9.17, 15) is 9.90 Å². The van der Waals surface area contributed by atoms with Crippen LogP contribution in [0.5, 0.6) is 0 Å². The maximum atomic E-state index is 10.3. The number of likely N-dealkylation sites (tertiary alicyclic amines) is 1. The van der Waals surface area contributed by atoms with Crippen LogP contribution in [-0.2, 0) is 9.53 Å². The summed E-state index contributed by atoms with van der Waals surface area (Å²) in [5.74, 6) is 0.164. The van der Waals surface area contributed by atoms with Crippen molar-refractivity contribution in [2.75, 3.05) is 26.3 Å². The molecule has 1 unspecified atom stereocenters. The van der Waals surface area contributed by atoms with Crippen molar-refractivity contribution in [2.45, 2.75) is 13.0 Å². The fraction of sp³-hybridized carbons (Fsp3) is 0.727. The van der Waals surface area contributed by atoms with E-state index in [1.54, 1.807) is 6.08 Å². The largest absolute Gasteiger partial charge is 1.00 e. The second-order valence-electron chi connectivity index (χ2n) is 4.43. The zero-order valence-electron chi connectivity index (χ0n) is 9.89. The minimum absolute atomic E-state index is 0. The molecule has 0 aromatic heterocycles. The van der Waals surface area contributed by atoms with Gasteiger partial charge in [-0.2, -0.15) is 0 Å². The summed E-state index contributed by atoms with van der Waals surface area (Å²) in [6, 6.07) is 0.175. The quantitative estimate of drug-likeness (QED) is 0.360. The topological polar surface area (TPSA) is 52.6 Å². The van der Waals surface area contributed by atoms with Gasteiger partial charge >= 0.3 is 18.9 Å². The van der Waals surface area contributed by atoms with Crippen LogP contribution in [0.15, 0.2) is 12.2 Å². The standard InChI is InChI=1S/C11H17NO3.Li/c1-8(2-3-11(13)14)12-4-9-6-15-7-10(9)5-12;/h2-3,8-10H,4-7H2,1H3,(H,13,14);/q;+1/p-1/b3-2+;/t8?,9-,10+;. The average Bonchev–Trinajstić information content (AvgIpc) is 2.72. The molecular formula is C11H16LiNO3. The number of hydrogen-bond donors (Lipinski definition) is 0. The van der Waals surface area contributed by atoms with Crippen LogP contribution in [0, 0.1) is 11.8 Å². The summed E-state index contributed by atoms with van der Waals surface area (Å²) in [5.41, 5.74) is 0. The molecular weight excluding hydrogens is 201 g/mol. The van der Waals surface area contributed by atoms with Crippen molar-refractivity contribution >= 4 is 5.97 Å². The van der Waals surface area contributed by atoms with Crippen molar-refractivity contribution in [3.8, 4) is 0 Å². The molecule has 0 bridgehead atoms. The minimum Gasteiger partial charge on any atom is -0.545 e. The summed E-state index contributed by atoms with van der Waals surface area (Å²) >= 11 is 0. The summed E-state index contributed by atoms with van der Waals surface area (Å²) in [5, 5.41) is 10.3. The van der Waals surface area contributed by atoms with E-state index in [0.717, 1.165) is 32.4 Å². The first-order chi connectivity index (χ1) is 7.16. The average molecular weight is 217 g/mol. The smallest absolute Gasteiger partial charge is 0.545 e. The van der Waals surface area contributed by atoms with Crippen LogP contribution >= 0.6 is 0 Å². The molecule has 4 nitrogen and oxygen atoms in total. The number of ether oxygens (including phenoxy) is 1. The molecule has 0 saturated carbocycles. The number of carboxylic acids is 1. The van der Waals surface area contributed by atoms with E-state index in [1.807, 2.05) is 6.92 Å². The van der Waals surface area contributed by atoms with E-state index in [1.165, 1.54) is 0 Å². The van der Waals surface area contributed by atoms with Gasteiger partial charge in [0, 0.05) is 31.0 Å². The molecule has 2 aliphatic rings. The number of carbonyl (C=O) groups excluding carboxylic acids is 1. The van der Waals surface area contributed by atoms with Crippen LogP contribution in [0.2, 0.25) is 0 Å². The number of carbonyl (C=O) groups is 1. The third kappa shape index (κ3) is 3.11. The summed E-state index contributed by atoms with van der Waals surface area (Å²) in [6.45, 7) is 5.77. The molecule has 3 atom stereocenters. The van der Waals surface area contributed by atoms with Crippen LogP contribution < -0.4 is 24.0 Å². The van der Waals surface area contributed by atoms with Gasteiger partial charge in [0.25, 0.3) is 0 Å². The third-order valence-electron chi connectivity index (χ3n) is 3.36. The van der Waals surface area contributed by atoms with Crippen molar-refractivity contribution in [3.05, 3.63) is 12.2 Å². The molecule has 0 N–H and O–H groups in total. The molecule has 0 amide bonds. The molecule has 84 valence electrons. The van der Waals surface area contributed by atoms with E-state index >= 15 is 0 Å². The fourth-order valence-corrected chi connectivity index (χ4v) is 2.40. The molecule has 0 aliphatic carbocycles. The first-order valence-corrected chi connectivity index (χ1v) is 5.38. The number of nitrogens with zero attached hydrogens (tertiary/aromatic N) is 1. The molecule has 5 heteroatoms. The molecule has 2 saturated heterocycles. The van der Waals surface area contributed by atoms with Gasteiger partial charge in [0.2, 0.25) is 0 Å². The van der Waals surface area contributed by atoms with E-state index in [4.69, 9.17) is 4.74 Å². The predicted molar refractivity (Wildman–Crippen MR) is 53.0 cm³/mol. The first kappa shape index (κ1) is 13.8. The maximum absolute atomic E-state index is 10.3. The van der Waals surface area contributed by atoms with Gasteiger partial charge in [-0.1, -0.05) is 6.08 Å². The molecule has 16 heavy (non-hydrogen) atoms. The van der Waals surface area contributed by atoms with Gasteiger partial charge in [0.05, 0.1) is 19.2 Å². The van der Waals surface area contributed by atoms with Crippen LogP contribution in [-0.4, -0.2) is 43.2 Å². The van der Waals surface area contributed by atoms with E-state index in [-0.39, 0.29) is 24.9 Å². The molecule has 2 aliphatic heterocycles. The molecule has 2 heterocycles. The van der Waals surface area contributed by atoms with Crippen molar-refractivity contribution in [1.29, 1.82) is 0 Å². The minimum atomic E-state index is -1.12. The summed E-state index contributed by atoms with van der Waals surface area (Å²) in [4.78, 5) is 12.6. The van der Waals surface area contributed by atoms with Gasteiger partial charge in [-0.05, 0) is 13.0 Å².